The predicted octanol–water partition coefficient (Wildman–Crippen LogP) is 4.19. The van der Waals surface area contributed by atoms with Crippen molar-refractivity contribution >= 4 is 15.7 Å². The van der Waals surface area contributed by atoms with Crippen LogP contribution in [0.1, 0.15) is 72.6 Å². The van der Waals surface area contributed by atoms with Crippen molar-refractivity contribution in [2.45, 2.75) is 72.6 Å². The van der Waals surface area contributed by atoms with Gasteiger partial charge in [-0.3, -0.25) is 10.1 Å². The van der Waals surface area contributed by atoms with Crippen LogP contribution < -0.4 is 10.6 Å². The Morgan fingerprint density at radius 3 is 1.79 bits per heavy atom. The minimum atomic E-state index is -3.45. The van der Waals surface area contributed by atoms with E-state index >= 15 is 0 Å². The maximum absolute atomic E-state index is 11.3. The van der Waals surface area contributed by atoms with Crippen LogP contribution >= 0.6 is 15.7 Å². The third kappa shape index (κ3) is 21.1. The van der Waals surface area contributed by atoms with E-state index in [0.717, 1.165) is 51.6 Å². The molecule has 0 radical (unpaired) electrons. The van der Waals surface area contributed by atoms with E-state index < -0.39 is 15.7 Å². The molecule has 174 valence electrons. The summed E-state index contributed by atoms with van der Waals surface area (Å²) in [6, 6.07) is 0. The zero-order valence-corrected chi connectivity index (χ0v) is 20.5. The summed E-state index contributed by atoms with van der Waals surface area (Å²) in [5, 5.41) is 2.59. The Bertz CT molecular complexity index is 497. The van der Waals surface area contributed by atoms with Crippen molar-refractivity contribution in [3.8, 4) is 0 Å². The summed E-state index contributed by atoms with van der Waals surface area (Å²) < 4.78 is 33.2. The largest absolute Gasteiger partial charge is 0.610 e. The molecule has 10 heteroatoms. The van der Waals surface area contributed by atoms with Crippen LogP contribution in [0.3, 0.4) is 0 Å². The molecule has 0 aliphatic rings. The summed E-state index contributed by atoms with van der Waals surface area (Å²) in [4.78, 5) is 18.1. The number of unbranched alkanes of at least 4 members (excludes halogenated alkanes) is 2. The van der Waals surface area contributed by atoms with Crippen molar-refractivity contribution in [3.05, 3.63) is 0 Å². The standard InChI is InChI=1S/C19H42N2O6P2/c1-18(2,16-21-28(22)23)10-5-7-12-26-14-9-15-27-13-8-6-11-19(3,4)17-29(20,24)25/h5-17H2,1-4H3,(H4-,20,21,22,23,24,25)/p+1. The van der Waals surface area contributed by atoms with E-state index in [1.54, 1.807) is 0 Å². The van der Waals surface area contributed by atoms with Gasteiger partial charge in [-0.25, -0.2) is 0 Å². The second-order valence-corrected chi connectivity index (χ2v) is 12.0. The fraction of sp³-hybridized carbons (Fsp3) is 1.00. The molecule has 0 rings (SSSR count). The average Bonchev–Trinajstić information content (AvgIpc) is 2.55. The molecule has 0 bridgehead atoms. The van der Waals surface area contributed by atoms with Crippen LogP contribution in [0, 0.1) is 10.8 Å². The van der Waals surface area contributed by atoms with E-state index in [1.807, 2.05) is 13.8 Å². The van der Waals surface area contributed by atoms with Crippen molar-refractivity contribution in [2.24, 2.45) is 16.3 Å². The molecule has 2 atom stereocenters. The molecule has 2 unspecified atom stereocenters. The van der Waals surface area contributed by atoms with Gasteiger partial charge in [0.25, 0.3) is 7.52 Å². The smallest absolute Gasteiger partial charge is 0.381 e. The Morgan fingerprint density at radius 1 is 0.897 bits per heavy atom. The molecule has 0 heterocycles. The van der Waals surface area contributed by atoms with Gasteiger partial charge >= 0.3 is 8.18 Å². The van der Waals surface area contributed by atoms with E-state index in [-0.39, 0.29) is 17.0 Å². The fourth-order valence-electron chi connectivity index (χ4n) is 3.14. The molecule has 0 saturated heterocycles. The molecule has 0 saturated carbocycles. The molecule has 29 heavy (non-hydrogen) atoms. The Hall–Kier alpha value is 0.0900. The molecule has 0 aromatic carbocycles. The first-order valence-corrected chi connectivity index (χ1v) is 13.6. The molecule has 8 nitrogen and oxygen atoms in total. The lowest BCUT2D eigenvalue weighted by Gasteiger charge is -2.25. The van der Waals surface area contributed by atoms with E-state index in [2.05, 4.69) is 18.9 Å². The van der Waals surface area contributed by atoms with Gasteiger partial charge < -0.3 is 14.4 Å². The Morgan fingerprint density at radius 2 is 1.34 bits per heavy atom. The average molecular weight is 458 g/mol. The van der Waals surface area contributed by atoms with Crippen molar-refractivity contribution in [1.82, 2.24) is 5.09 Å². The van der Waals surface area contributed by atoms with Crippen molar-refractivity contribution in [3.63, 3.8) is 0 Å². The first kappa shape index (κ1) is 29.1. The normalized spacial score (nSPS) is 15.3. The number of nitrogens with one attached hydrogen (secondary N) is 1. The summed E-state index contributed by atoms with van der Waals surface area (Å²) >= 11 is 0. The first-order valence-electron chi connectivity index (χ1n) is 10.5. The molecule has 5 N–H and O–H groups in total. The molecule has 0 fully saturated rings. The molecule has 0 aromatic rings. The summed E-state index contributed by atoms with van der Waals surface area (Å²) in [7, 11) is -5.73. The van der Waals surface area contributed by atoms with E-state index in [9.17, 15) is 14.0 Å². The highest BCUT2D eigenvalue weighted by atomic mass is 31.2. The monoisotopic (exact) mass is 457 g/mol. The predicted molar refractivity (Wildman–Crippen MR) is 118 cm³/mol. The van der Waals surface area contributed by atoms with E-state index in [0.29, 0.717) is 26.4 Å². The van der Waals surface area contributed by atoms with Crippen LogP contribution in [0.4, 0.5) is 0 Å². The molecule has 0 spiro atoms. The number of hydrogen-bond acceptors (Lipinski definition) is 4. The summed E-state index contributed by atoms with van der Waals surface area (Å²) in [6.45, 7) is 11.4. The zero-order valence-electron chi connectivity index (χ0n) is 18.7. The maximum atomic E-state index is 11.3. The van der Waals surface area contributed by atoms with Crippen LogP contribution in [0.15, 0.2) is 0 Å². The Labute approximate surface area is 177 Å². The molecular formula is C19H43N2O6P2+. The fourth-order valence-corrected chi connectivity index (χ4v) is 5.09. The van der Waals surface area contributed by atoms with Crippen LogP contribution in [0.5, 0.6) is 0 Å². The summed E-state index contributed by atoms with van der Waals surface area (Å²) in [6.07, 6.45) is 6.74. The van der Waals surface area contributed by atoms with Gasteiger partial charge in [0.05, 0.1) is 0 Å². The molecular weight excluding hydrogens is 414 g/mol. The minimum absolute atomic E-state index is 0.00114. The number of rotatable bonds is 19. The van der Waals surface area contributed by atoms with E-state index in [1.165, 1.54) is 0 Å². The highest BCUT2D eigenvalue weighted by Crippen LogP contribution is 2.40. The quantitative estimate of drug-likeness (QED) is 0.168. The molecule has 0 aliphatic carbocycles. The van der Waals surface area contributed by atoms with Gasteiger partial charge in [0.2, 0.25) is 0 Å². The van der Waals surface area contributed by atoms with Crippen molar-refractivity contribution in [2.75, 3.05) is 39.1 Å². The summed E-state index contributed by atoms with van der Waals surface area (Å²) in [5.41, 5.74) is 5.03. The van der Waals surface area contributed by atoms with Gasteiger partial charge in [0.15, 0.2) is 0 Å². The van der Waals surface area contributed by atoms with Crippen LogP contribution in [-0.2, 0) is 18.6 Å². The van der Waals surface area contributed by atoms with Gasteiger partial charge in [-0.05, 0) is 47.5 Å². The number of hydrogen-bond donors (Lipinski definition) is 4. The lowest BCUT2D eigenvalue weighted by molar-refractivity contribution is 0.0780. The third-order valence-electron chi connectivity index (χ3n) is 4.71. The lowest BCUT2D eigenvalue weighted by atomic mass is 9.87. The Balaban J connectivity index is 3.46. The zero-order chi connectivity index (χ0) is 22.4. The van der Waals surface area contributed by atoms with Gasteiger partial charge in [-0.2, -0.15) is 0 Å². The van der Waals surface area contributed by atoms with Gasteiger partial charge in [0.1, 0.15) is 0 Å². The van der Waals surface area contributed by atoms with Crippen molar-refractivity contribution < 1.29 is 28.4 Å². The first-order chi connectivity index (χ1) is 13.3. The minimum Gasteiger partial charge on any atom is -0.381 e. The molecule has 0 amide bonds. The van der Waals surface area contributed by atoms with Crippen LogP contribution in [0.25, 0.3) is 0 Å². The van der Waals surface area contributed by atoms with E-state index in [4.69, 9.17) is 19.9 Å². The highest BCUT2D eigenvalue weighted by molar-refractivity contribution is 7.55. The second kappa shape index (κ2) is 15.0. The SMILES string of the molecule is CC(C)(CCCCOCCCOCCCCC(C)(C)CP(N)(=O)O)CN[P+](=O)O. The molecule has 0 aliphatic heterocycles. The second-order valence-electron chi connectivity index (χ2n) is 9.34. The Kier molecular flexibility index (Phi) is 15.0. The van der Waals surface area contributed by atoms with Crippen molar-refractivity contribution in [1.29, 1.82) is 0 Å². The van der Waals surface area contributed by atoms with Gasteiger partial charge in [-0.15, -0.1) is 4.89 Å². The third-order valence-corrected chi connectivity index (χ3v) is 6.45. The van der Waals surface area contributed by atoms with Gasteiger partial charge in [0, 0.05) is 39.1 Å². The maximum Gasteiger partial charge on any atom is 0.610 e. The number of ether oxygens (including phenoxy) is 2. The van der Waals surface area contributed by atoms with Crippen LogP contribution in [-0.4, -0.2) is 48.9 Å². The number of nitrogens with two attached hydrogens (primary N) is 1. The van der Waals surface area contributed by atoms with Gasteiger partial charge in [-0.1, -0.05) is 45.6 Å². The lowest BCUT2D eigenvalue weighted by Crippen LogP contribution is -2.25. The topological polar surface area (TPSA) is 131 Å². The summed E-state index contributed by atoms with van der Waals surface area (Å²) in [5.74, 6) is 0. The van der Waals surface area contributed by atoms with Crippen LogP contribution in [0.2, 0.25) is 0 Å². The molecule has 0 aromatic heterocycles. The highest BCUT2D eigenvalue weighted by Gasteiger charge is 2.26.